The summed E-state index contributed by atoms with van der Waals surface area (Å²) in [5.74, 6) is 0. The van der Waals surface area contributed by atoms with Crippen molar-refractivity contribution in [2.24, 2.45) is 0 Å². The summed E-state index contributed by atoms with van der Waals surface area (Å²) < 4.78 is 2.39. The van der Waals surface area contributed by atoms with E-state index >= 15 is 0 Å². The topological polar surface area (TPSA) is 4.93 Å². The van der Waals surface area contributed by atoms with E-state index in [-0.39, 0.29) is 0 Å². The average molecular weight is 548 g/mol. The minimum atomic E-state index is 1.16. The summed E-state index contributed by atoms with van der Waals surface area (Å²) in [7, 11) is 0. The first-order valence-electron chi connectivity index (χ1n) is 14.8. The van der Waals surface area contributed by atoms with Gasteiger partial charge in [0.25, 0.3) is 0 Å². The standard InChI is InChI=1S/C42H29N/c1-2-15-30(16-3-1)33-19-4-6-21-35(33)37-23-8-9-24-38(37)36-22-7-5-20-34(36)31-17-14-18-32(29-31)43-41-27-12-10-25-39(41)40-26-11-13-28-42(40)43/h1-29H. The van der Waals surface area contributed by atoms with E-state index in [0.717, 1.165) is 5.69 Å². The Balaban J connectivity index is 1.30. The first kappa shape index (κ1) is 25.1. The maximum Gasteiger partial charge on any atom is 0.0541 e. The zero-order valence-corrected chi connectivity index (χ0v) is 23.7. The minimum absolute atomic E-state index is 1.16. The molecule has 1 aromatic heterocycles. The van der Waals surface area contributed by atoms with Gasteiger partial charge < -0.3 is 4.57 Å². The van der Waals surface area contributed by atoms with Crippen LogP contribution >= 0.6 is 0 Å². The molecule has 0 fully saturated rings. The van der Waals surface area contributed by atoms with Crippen LogP contribution in [-0.4, -0.2) is 4.57 Å². The number of rotatable bonds is 5. The molecule has 8 aromatic rings. The second-order valence-electron chi connectivity index (χ2n) is 10.9. The minimum Gasteiger partial charge on any atom is -0.309 e. The summed E-state index contributed by atoms with van der Waals surface area (Å²) >= 11 is 0. The van der Waals surface area contributed by atoms with E-state index in [1.54, 1.807) is 0 Å². The Morgan fingerprint density at radius 1 is 0.279 bits per heavy atom. The number of fused-ring (bicyclic) bond motifs is 3. The zero-order chi connectivity index (χ0) is 28.6. The first-order chi connectivity index (χ1) is 21.4. The van der Waals surface area contributed by atoms with Crippen LogP contribution in [-0.2, 0) is 0 Å². The first-order valence-corrected chi connectivity index (χ1v) is 14.8. The number of nitrogens with zero attached hydrogens (tertiary/aromatic N) is 1. The molecule has 1 heterocycles. The molecule has 7 aromatic carbocycles. The van der Waals surface area contributed by atoms with Gasteiger partial charge in [0.15, 0.2) is 0 Å². The third-order valence-corrected chi connectivity index (χ3v) is 8.44. The summed E-state index contributed by atoms with van der Waals surface area (Å²) in [5.41, 5.74) is 13.4. The van der Waals surface area contributed by atoms with Crippen molar-refractivity contribution in [3.63, 3.8) is 0 Å². The molecule has 0 saturated heterocycles. The van der Waals surface area contributed by atoms with Crippen molar-refractivity contribution in [3.8, 4) is 50.2 Å². The normalized spacial score (nSPS) is 11.3. The molecule has 0 unspecified atom stereocenters. The van der Waals surface area contributed by atoms with Gasteiger partial charge in [-0.15, -0.1) is 0 Å². The third-order valence-electron chi connectivity index (χ3n) is 8.44. The van der Waals surface area contributed by atoms with Gasteiger partial charge in [0.2, 0.25) is 0 Å². The van der Waals surface area contributed by atoms with Gasteiger partial charge in [0.05, 0.1) is 11.0 Å². The van der Waals surface area contributed by atoms with E-state index < -0.39 is 0 Å². The number of benzene rings is 7. The molecule has 0 aliphatic carbocycles. The molecule has 0 bridgehead atoms. The Kier molecular flexibility index (Phi) is 6.20. The molecule has 0 amide bonds. The van der Waals surface area contributed by atoms with Crippen molar-refractivity contribution in [3.05, 3.63) is 176 Å². The van der Waals surface area contributed by atoms with Crippen LogP contribution in [0.1, 0.15) is 0 Å². The lowest BCUT2D eigenvalue weighted by Gasteiger charge is -2.18. The van der Waals surface area contributed by atoms with Crippen molar-refractivity contribution < 1.29 is 0 Å². The van der Waals surface area contributed by atoms with Crippen molar-refractivity contribution in [1.29, 1.82) is 0 Å². The van der Waals surface area contributed by atoms with Gasteiger partial charge in [-0.2, -0.15) is 0 Å². The molecule has 0 aliphatic heterocycles. The van der Waals surface area contributed by atoms with Crippen LogP contribution in [0.2, 0.25) is 0 Å². The number of hydrogen-bond donors (Lipinski definition) is 0. The lowest BCUT2D eigenvalue weighted by Crippen LogP contribution is -1.95. The molecular weight excluding hydrogens is 518 g/mol. The molecule has 1 heteroatoms. The van der Waals surface area contributed by atoms with E-state index in [1.165, 1.54) is 66.3 Å². The molecule has 0 spiro atoms. The third kappa shape index (κ3) is 4.34. The van der Waals surface area contributed by atoms with Crippen LogP contribution in [0.3, 0.4) is 0 Å². The van der Waals surface area contributed by atoms with E-state index in [2.05, 4.69) is 180 Å². The Bertz CT molecular complexity index is 2180. The van der Waals surface area contributed by atoms with Gasteiger partial charge in [-0.25, -0.2) is 0 Å². The Labute approximate surface area is 251 Å². The monoisotopic (exact) mass is 547 g/mol. The SMILES string of the molecule is c1ccc(-c2ccccc2-c2ccccc2-c2ccccc2-c2cccc(-n3c4ccccc4c4ccccc43)c2)cc1. The highest BCUT2D eigenvalue weighted by molar-refractivity contribution is 6.09. The van der Waals surface area contributed by atoms with Crippen LogP contribution in [0.25, 0.3) is 72.0 Å². The highest BCUT2D eigenvalue weighted by Crippen LogP contribution is 2.42. The largest absolute Gasteiger partial charge is 0.309 e. The second-order valence-corrected chi connectivity index (χ2v) is 10.9. The van der Waals surface area contributed by atoms with E-state index in [1.807, 2.05) is 0 Å². The van der Waals surface area contributed by atoms with E-state index in [0.29, 0.717) is 0 Å². The van der Waals surface area contributed by atoms with Crippen LogP contribution in [0.4, 0.5) is 0 Å². The molecule has 0 radical (unpaired) electrons. The Morgan fingerprint density at radius 3 is 1.23 bits per heavy atom. The van der Waals surface area contributed by atoms with Gasteiger partial charge in [-0.1, -0.05) is 152 Å². The van der Waals surface area contributed by atoms with Gasteiger partial charge >= 0.3 is 0 Å². The summed E-state index contributed by atoms with van der Waals surface area (Å²) in [6.07, 6.45) is 0. The van der Waals surface area contributed by atoms with Crippen LogP contribution in [0.15, 0.2) is 176 Å². The van der Waals surface area contributed by atoms with Crippen LogP contribution < -0.4 is 0 Å². The van der Waals surface area contributed by atoms with Crippen molar-refractivity contribution in [1.82, 2.24) is 4.57 Å². The molecule has 8 rings (SSSR count). The quantitative estimate of drug-likeness (QED) is 0.202. The molecule has 0 atom stereocenters. The van der Waals surface area contributed by atoms with Gasteiger partial charge in [-0.3, -0.25) is 0 Å². The average Bonchev–Trinajstić information content (AvgIpc) is 3.43. The molecular formula is C42H29N. The maximum absolute atomic E-state index is 2.39. The van der Waals surface area contributed by atoms with E-state index in [9.17, 15) is 0 Å². The predicted octanol–water partition coefficient (Wildman–Crippen LogP) is 11.5. The summed E-state index contributed by atoms with van der Waals surface area (Å²) in [5, 5.41) is 2.55. The fourth-order valence-electron chi connectivity index (χ4n) is 6.52. The van der Waals surface area contributed by atoms with Gasteiger partial charge in [-0.05, 0) is 68.8 Å². The van der Waals surface area contributed by atoms with E-state index in [4.69, 9.17) is 0 Å². The van der Waals surface area contributed by atoms with Gasteiger partial charge in [0, 0.05) is 16.5 Å². The summed E-state index contributed by atoms with van der Waals surface area (Å²) in [6.45, 7) is 0. The number of para-hydroxylation sites is 2. The molecule has 0 N–H and O–H groups in total. The zero-order valence-electron chi connectivity index (χ0n) is 23.7. The fraction of sp³-hybridized carbons (Fsp3) is 0. The maximum atomic E-state index is 2.39. The molecule has 0 aliphatic rings. The highest BCUT2D eigenvalue weighted by atomic mass is 15.0. The highest BCUT2D eigenvalue weighted by Gasteiger charge is 2.16. The van der Waals surface area contributed by atoms with Crippen molar-refractivity contribution in [2.75, 3.05) is 0 Å². The van der Waals surface area contributed by atoms with Crippen LogP contribution in [0, 0.1) is 0 Å². The van der Waals surface area contributed by atoms with Crippen molar-refractivity contribution in [2.45, 2.75) is 0 Å². The number of hydrogen-bond acceptors (Lipinski definition) is 0. The number of aromatic nitrogens is 1. The fourth-order valence-corrected chi connectivity index (χ4v) is 6.52. The molecule has 43 heavy (non-hydrogen) atoms. The predicted molar refractivity (Wildman–Crippen MR) is 183 cm³/mol. The van der Waals surface area contributed by atoms with Crippen molar-refractivity contribution >= 4 is 21.8 Å². The Morgan fingerprint density at radius 2 is 0.674 bits per heavy atom. The molecule has 202 valence electrons. The molecule has 1 nitrogen and oxygen atoms in total. The lowest BCUT2D eigenvalue weighted by atomic mass is 9.87. The summed E-state index contributed by atoms with van der Waals surface area (Å²) in [4.78, 5) is 0. The molecule has 0 saturated carbocycles. The lowest BCUT2D eigenvalue weighted by molar-refractivity contribution is 1.18. The second kappa shape index (κ2) is 10.6. The summed E-state index contributed by atoms with van der Waals surface area (Å²) in [6, 6.07) is 63.3. The smallest absolute Gasteiger partial charge is 0.0541 e. The van der Waals surface area contributed by atoms with Crippen LogP contribution in [0.5, 0.6) is 0 Å². The van der Waals surface area contributed by atoms with Gasteiger partial charge in [0.1, 0.15) is 0 Å². The Hall–Kier alpha value is -5.66.